The van der Waals surface area contributed by atoms with Crippen molar-refractivity contribution in [1.82, 2.24) is 0 Å². The Balaban J connectivity index is 2.96. The van der Waals surface area contributed by atoms with Crippen LogP contribution in [0.25, 0.3) is 0 Å². The normalized spacial score (nSPS) is 9.31. The summed E-state index contributed by atoms with van der Waals surface area (Å²) in [6, 6.07) is 4.03. The van der Waals surface area contributed by atoms with Gasteiger partial charge in [0.25, 0.3) is 0 Å². The van der Waals surface area contributed by atoms with Crippen LogP contribution in [0.4, 0.5) is 16.2 Å². The fourth-order valence-corrected chi connectivity index (χ4v) is 0.924. The summed E-state index contributed by atoms with van der Waals surface area (Å²) in [5, 5.41) is 14.4. The van der Waals surface area contributed by atoms with Gasteiger partial charge >= 0.3 is 6.03 Å². The van der Waals surface area contributed by atoms with Gasteiger partial charge in [-0.2, -0.15) is 0 Å². The van der Waals surface area contributed by atoms with E-state index in [9.17, 15) is 9.90 Å². The number of anilines is 2. The highest BCUT2D eigenvalue weighted by molar-refractivity contribution is 5.90. The first kappa shape index (κ1) is 9.18. The number of amides is 2. The molecule has 0 saturated heterocycles. The summed E-state index contributed by atoms with van der Waals surface area (Å²) in [5.74, 6) is -0.0159. The molecule has 0 fully saturated rings. The van der Waals surface area contributed by atoms with Crippen LogP contribution in [0.3, 0.4) is 0 Å². The maximum absolute atomic E-state index is 10.5. The first-order valence-electron chi connectivity index (χ1n) is 3.70. The highest BCUT2D eigenvalue weighted by Gasteiger charge is 2.03. The average Bonchev–Trinajstić information content (AvgIpc) is 2.08. The molecule has 1 aromatic carbocycles. The van der Waals surface area contributed by atoms with Crippen LogP contribution in [0, 0.1) is 0 Å². The molecule has 5 heteroatoms. The van der Waals surface area contributed by atoms with Crippen LogP contribution in [0.1, 0.15) is 0 Å². The maximum atomic E-state index is 10.5. The number of phenols is 1. The van der Waals surface area contributed by atoms with E-state index in [0.717, 1.165) is 5.69 Å². The molecule has 0 atom stereocenters. The molecule has 2 amide bonds. The lowest BCUT2D eigenvalue weighted by atomic mass is 10.2. The number of hydrogen-bond donors (Lipinski definition) is 4. The van der Waals surface area contributed by atoms with Crippen molar-refractivity contribution < 1.29 is 9.90 Å². The Morgan fingerprint density at radius 1 is 1.54 bits per heavy atom. The number of hydrogen-bond acceptors (Lipinski definition) is 3. The van der Waals surface area contributed by atoms with Gasteiger partial charge in [-0.15, -0.1) is 0 Å². The van der Waals surface area contributed by atoms with Crippen molar-refractivity contribution in [3.05, 3.63) is 18.2 Å². The van der Waals surface area contributed by atoms with Crippen molar-refractivity contribution in [2.24, 2.45) is 5.73 Å². The molecular weight excluding hydrogens is 170 g/mol. The molecule has 0 aromatic heterocycles. The molecule has 0 unspecified atom stereocenters. The van der Waals surface area contributed by atoms with E-state index in [2.05, 4.69) is 10.6 Å². The molecule has 0 aliphatic heterocycles. The van der Waals surface area contributed by atoms with Gasteiger partial charge in [0, 0.05) is 12.7 Å². The molecule has 5 nitrogen and oxygen atoms in total. The number of carbonyl (C=O) groups is 1. The number of primary amides is 1. The summed E-state index contributed by atoms with van der Waals surface area (Å²) < 4.78 is 0. The van der Waals surface area contributed by atoms with Crippen molar-refractivity contribution in [2.75, 3.05) is 17.7 Å². The van der Waals surface area contributed by atoms with Gasteiger partial charge in [0.2, 0.25) is 0 Å². The lowest BCUT2D eigenvalue weighted by Crippen LogP contribution is -2.19. The highest BCUT2D eigenvalue weighted by Crippen LogP contribution is 2.25. The van der Waals surface area contributed by atoms with E-state index in [-0.39, 0.29) is 5.75 Å². The number of carbonyl (C=O) groups excluding carboxylic acids is 1. The molecule has 0 spiro atoms. The minimum Gasteiger partial charge on any atom is -0.506 e. The second-order valence-corrected chi connectivity index (χ2v) is 2.47. The Hall–Kier alpha value is -1.91. The number of nitrogens with two attached hydrogens (primary N) is 1. The second kappa shape index (κ2) is 3.66. The molecule has 5 N–H and O–H groups in total. The first-order chi connectivity index (χ1) is 6.13. The molecule has 0 aliphatic carbocycles. The zero-order valence-corrected chi connectivity index (χ0v) is 7.16. The van der Waals surface area contributed by atoms with Gasteiger partial charge in [-0.1, -0.05) is 0 Å². The van der Waals surface area contributed by atoms with Gasteiger partial charge < -0.3 is 21.5 Å². The van der Waals surface area contributed by atoms with Gasteiger partial charge in [0.15, 0.2) is 0 Å². The third-order valence-corrected chi connectivity index (χ3v) is 1.54. The van der Waals surface area contributed by atoms with Crippen LogP contribution >= 0.6 is 0 Å². The Morgan fingerprint density at radius 2 is 2.23 bits per heavy atom. The van der Waals surface area contributed by atoms with Gasteiger partial charge in [-0.05, 0) is 18.2 Å². The van der Waals surface area contributed by atoms with Crippen molar-refractivity contribution in [1.29, 1.82) is 0 Å². The quantitative estimate of drug-likeness (QED) is 0.404. The van der Waals surface area contributed by atoms with Gasteiger partial charge in [0.1, 0.15) is 5.75 Å². The molecule has 0 heterocycles. The van der Waals surface area contributed by atoms with E-state index in [1.165, 1.54) is 6.07 Å². The number of urea groups is 1. The predicted molar refractivity (Wildman–Crippen MR) is 50.9 cm³/mol. The van der Waals surface area contributed by atoms with Crippen LogP contribution in [0.2, 0.25) is 0 Å². The molecule has 0 saturated carbocycles. The van der Waals surface area contributed by atoms with Gasteiger partial charge in [-0.25, -0.2) is 4.79 Å². The zero-order chi connectivity index (χ0) is 9.84. The SMILES string of the molecule is CNc1ccc(O)c(NC(N)=O)c1. The zero-order valence-electron chi connectivity index (χ0n) is 7.16. The van der Waals surface area contributed by atoms with Crippen LogP contribution in [-0.2, 0) is 0 Å². The van der Waals surface area contributed by atoms with Gasteiger partial charge in [-0.3, -0.25) is 0 Å². The average molecular weight is 181 g/mol. The summed E-state index contributed by atoms with van der Waals surface area (Å²) in [6.45, 7) is 0. The largest absolute Gasteiger partial charge is 0.506 e. The van der Waals surface area contributed by atoms with E-state index in [0.29, 0.717) is 5.69 Å². The number of rotatable bonds is 2. The summed E-state index contributed by atoms with van der Waals surface area (Å²) in [6.07, 6.45) is 0. The van der Waals surface area contributed by atoms with E-state index in [1.807, 2.05) is 0 Å². The third-order valence-electron chi connectivity index (χ3n) is 1.54. The van der Waals surface area contributed by atoms with Gasteiger partial charge in [0.05, 0.1) is 5.69 Å². The maximum Gasteiger partial charge on any atom is 0.316 e. The Bertz CT molecular complexity index is 325. The smallest absolute Gasteiger partial charge is 0.316 e. The van der Waals surface area contributed by atoms with Crippen molar-refractivity contribution in [3.63, 3.8) is 0 Å². The van der Waals surface area contributed by atoms with E-state index >= 15 is 0 Å². The number of benzene rings is 1. The Labute approximate surface area is 75.6 Å². The lowest BCUT2D eigenvalue weighted by molar-refractivity contribution is 0.259. The van der Waals surface area contributed by atoms with Crippen LogP contribution in [0.15, 0.2) is 18.2 Å². The summed E-state index contributed by atoms with van der Waals surface area (Å²) in [4.78, 5) is 10.5. The summed E-state index contributed by atoms with van der Waals surface area (Å²) in [7, 11) is 1.74. The lowest BCUT2D eigenvalue weighted by Gasteiger charge is -2.06. The summed E-state index contributed by atoms with van der Waals surface area (Å²) in [5.41, 5.74) is 5.97. The molecule has 0 aliphatic rings. The van der Waals surface area contributed by atoms with Crippen molar-refractivity contribution >= 4 is 17.4 Å². The number of nitrogens with one attached hydrogen (secondary N) is 2. The molecule has 1 aromatic rings. The first-order valence-corrected chi connectivity index (χ1v) is 3.70. The molecule has 0 bridgehead atoms. The summed E-state index contributed by atoms with van der Waals surface area (Å²) >= 11 is 0. The minimum absolute atomic E-state index is 0.0159. The highest BCUT2D eigenvalue weighted by atomic mass is 16.3. The number of aromatic hydroxyl groups is 1. The van der Waals surface area contributed by atoms with Crippen LogP contribution in [0.5, 0.6) is 5.75 Å². The minimum atomic E-state index is -0.705. The Morgan fingerprint density at radius 3 is 2.77 bits per heavy atom. The van der Waals surface area contributed by atoms with E-state index < -0.39 is 6.03 Å². The predicted octanol–water partition coefficient (Wildman–Crippen LogP) is 0.925. The molecule has 1 rings (SSSR count). The topological polar surface area (TPSA) is 87.4 Å². The molecule has 13 heavy (non-hydrogen) atoms. The molecule has 70 valence electrons. The fraction of sp³-hybridized carbons (Fsp3) is 0.125. The molecule has 0 radical (unpaired) electrons. The fourth-order valence-electron chi connectivity index (χ4n) is 0.924. The third kappa shape index (κ3) is 2.26. The monoisotopic (exact) mass is 181 g/mol. The second-order valence-electron chi connectivity index (χ2n) is 2.47. The molecular formula is C8H11N3O2. The Kier molecular flexibility index (Phi) is 2.59. The van der Waals surface area contributed by atoms with Crippen LogP contribution in [-0.4, -0.2) is 18.2 Å². The standard InChI is InChI=1S/C8H11N3O2/c1-10-5-2-3-7(12)6(4-5)11-8(9)13/h2-4,10,12H,1H3,(H3,9,11,13). The number of phenolic OH excluding ortho intramolecular Hbond substituents is 1. The van der Waals surface area contributed by atoms with Crippen molar-refractivity contribution in [3.8, 4) is 5.75 Å². The van der Waals surface area contributed by atoms with E-state index in [1.54, 1.807) is 19.2 Å². The van der Waals surface area contributed by atoms with Crippen LogP contribution < -0.4 is 16.4 Å². The van der Waals surface area contributed by atoms with E-state index in [4.69, 9.17) is 5.73 Å². The van der Waals surface area contributed by atoms with Crippen molar-refractivity contribution in [2.45, 2.75) is 0 Å².